The van der Waals surface area contributed by atoms with Crippen molar-refractivity contribution in [1.82, 2.24) is 0 Å². The maximum absolute atomic E-state index is 6.57. The smallest absolute Gasteiger partial charge is 0.140 e. The molecular weight excluding hydrogens is 581 g/mol. The summed E-state index contributed by atoms with van der Waals surface area (Å²) in [4.78, 5) is 0. The standard InChI is InChI=1S/C47H30O/c1-47(2)41-25-18-30(26-40(41)38-23-24-39-35-11-5-6-13-42(35)48-46(39)45(38)47)32-19-14-28-17-22-37-34(20-15-29-16-21-36(32)43(28)44(29)37)33-12-7-9-27-8-3-4-10-31(27)33/h3-26H,1-2H3. The molecule has 48 heavy (non-hydrogen) atoms. The lowest BCUT2D eigenvalue weighted by Crippen LogP contribution is -2.15. The second kappa shape index (κ2) is 9.12. The monoisotopic (exact) mass is 610 g/mol. The number of para-hydroxylation sites is 1. The van der Waals surface area contributed by atoms with E-state index in [2.05, 4.69) is 159 Å². The van der Waals surface area contributed by atoms with Crippen molar-refractivity contribution >= 4 is 65.0 Å². The Bertz CT molecular complexity index is 2970. The number of hydrogen-bond acceptors (Lipinski definition) is 1. The average Bonchev–Trinajstić information content (AvgIpc) is 3.62. The zero-order chi connectivity index (χ0) is 31.7. The van der Waals surface area contributed by atoms with E-state index in [1.165, 1.54) is 98.4 Å². The third kappa shape index (κ3) is 3.31. The topological polar surface area (TPSA) is 13.1 Å². The lowest BCUT2D eigenvalue weighted by atomic mass is 9.81. The second-order valence-corrected chi connectivity index (χ2v) is 14.0. The molecule has 0 fully saturated rings. The van der Waals surface area contributed by atoms with Gasteiger partial charge in [-0.3, -0.25) is 0 Å². The summed E-state index contributed by atoms with van der Waals surface area (Å²) in [6.45, 7) is 4.68. The van der Waals surface area contributed by atoms with Crippen LogP contribution >= 0.6 is 0 Å². The first-order valence-electron chi connectivity index (χ1n) is 16.8. The van der Waals surface area contributed by atoms with Gasteiger partial charge >= 0.3 is 0 Å². The van der Waals surface area contributed by atoms with E-state index in [0.717, 1.165) is 11.2 Å². The highest BCUT2D eigenvalue weighted by Gasteiger charge is 2.38. The van der Waals surface area contributed by atoms with Crippen LogP contribution < -0.4 is 0 Å². The summed E-state index contributed by atoms with van der Waals surface area (Å²) in [6, 6.07) is 54.0. The third-order valence-corrected chi connectivity index (χ3v) is 11.2. The molecule has 1 aliphatic carbocycles. The maximum atomic E-state index is 6.57. The Balaban J connectivity index is 1.14. The SMILES string of the molecule is CC1(C)c2ccc(-c3ccc4ccc5c(-c6cccc7ccccc67)ccc6ccc3c4c65)cc2-c2ccc3c(oc4ccccc43)c21. The Morgan fingerprint density at radius 1 is 0.417 bits per heavy atom. The van der Waals surface area contributed by atoms with Gasteiger partial charge in [-0.2, -0.15) is 0 Å². The highest BCUT2D eigenvalue weighted by molar-refractivity contribution is 6.28. The van der Waals surface area contributed by atoms with Gasteiger partial charge in [-0.05, 0) is 100 Å². The van der Waals surface area contributed by atoms with Crippen LogP contribution in [0, 0.1) is 0 Å². The minimum atomic E-state index is -0.169. The summed E-state index contributed by atoms with van der Waals surface area (Å²) in [7, 11) is 0. The highest BCUT2D eigenvalue weighted by atomic mass is 16.3. The number of furan rings is 1. The summed E-state index contributed by atoms with van der Waals surface area (Å²) in [5.41, 5.74) is 12.1. The van der Waals surface area contributed by atoms with Crippen LogP contribution in [0.15, 0.2) is 150 Å². The fourth-order valence-electron chi connectivity index (χ4n) is 9.00. The zero-order valence-corrected chi connectivity index (χ0v) is 26.8. The molecule has 11 rings (SSSR count). The van der Waals surface area contributed by atoms with Gasteiger partial charge in [0.15, 0.2) is 0 Å². The van der Waals surface area contributed by atoms with Crippen molar-refractivity contribution in [3.63, 3.8) is 0 Å². The van der Waals surface area contributed by atoms with Gasteiger partial charge < -0.3 is 4.42 Å². The molecule has 0 atom stereocenters. The van der Waals surface area contributed by atoms with Gasteiger partial charge in [0.1, 0.15) is 11.2 Å². The molecule has 0 radical (unpaired) electrons. The van der Waals surface area contributed by atoms with Crippen LogP contribution in [0.1, 0.15) is 25.0 Å². The van der Waals surface area contributed by atoms with Gasteiger partial charge in [0.2, 0.25) is 0 Å². The molecule has 0 amide bonds. The third-order valence-electron chi connectivity index (χ3n) is 11.2. The van der Waals surface area contributed by atoms with Crippen LogP contribution in [0.3, 0.4) is 0 Å². The summed E-state index contributed by atoms with van der Waals surface area (Å²) < 4.78 is 6.57. The van der Waals surface area contributed by atoms with E-state index in [9.17, 15) is 0 Å². The van der Waals surface area contributed by atoms with Gasteiger partial charge in [-0.15, -0.1) is 0 Å². The molecule has 0 saturated carbocycles. The van der Waals surface area contributed by atoms with Crippen LogP contribution in [0.2, 0.25) is 0 Å². The van der Waals surface area contributed by atoms with Gasteiger partial charge in [-0.1, -0.05) is 141 Å². The average molecular weight is 611 g/mol. The minimum Gasteiger partial charge on any atom is -0.456 e. The number of hydrogen-bond donors (Lipinski definition) is 0. The van der Waals surface area contributed by atoms with Gasteiger partial charge in [0.05, 0.1) is 0 Å². The van der Waals surface area contributed by atoms with Crippen LogP contribution in [0.4, 0.5) is 0 Å². The van der Waals surface area contributed by atoms with Crippen LogP contribution in [0.5, 0.6) is 0 Å². The summed E-state index contributed by atoms with van der Waals surface area (Å²) in [5, 5.41) is 12.8. The van der Waals surface area contributed by atoms with E-state index in [1.54, 1.807) is 0 Å². The molecule has 1 aliphatic rings. The summed E-state index contributed by atoms with van der Waals surface area (Å²) in [5.74, 6) is 0. The molecule has 0 unspecified atom stereocenters. The van der Waals surface area contributed by atoms with Gasteiger partial charge in [0.25, 0.3) is 0 Å². The van der Waals surface area contributed by atoms with E-state index in [0.29, 0.717) is 0 Å². The fourth-order valence-corrected chi connectivity index (χ4v) is 9.00. The molecule has 9 aromatic carbocycles. The van der Waals surface area contributed by atoms with Crippen LogP contribution in [-0.4, -0.2) is 0 Å². The van der Waals surface area contributed by atoms with Crippen LogP contribution in [0.25, 0.3) is 98.4 Å². The molecule has 0 N–H and O–H groups in total. The number of fused-ring (bicyclic) bond motifs is 8. The zero-order valence-electron chi connectivity index (χ0n) is 26.8. The molecule has 0 saturated heterocycles. The highest BCUT2D eigenvalue weighted by Crippen LogP contribution is 2.54. The predicted octanol–water partition coefficient (Wildman–Crippen LogP) is 13.3. The Morgan fingerprint density at radius 3 is 1.88 bits per heavy atom. The number of benzene rings is 9. The van der Waals surface area contributed by atoms with Crippen molar-refractivity contribution in [3.05, 3.63) is 157 Å². The Kier molecular flexibility index (Phi) is 4.97. The Hall–Kier alpha value is -5.92. The normalized spacial score (nSPS) is 13.8. The first-order chi connectivity index (χ1) is 23.6. The summed E-state index contributed by atoms with van der Waals surface area (Å²) >= 11 is 0. The van der Waals surface area contributed by atoms with E-state index in [-0.39, 0.29) is 5.41 Å². The molecule has 1 nitrogen and oxygen atoms in total. The van der Waals surface area contributed by atoms with Crippen molar-refractivity contribution in [2.45, 2.75) is 19.3 Å². The first kappa shape index (κ1) is 26.2. The largest absolute Gasteiger partial charge is 0.456 e. The second-order valence-electron chi connectivity index (χ2n) is 14.0. The molecule has 1 heteroatoms. The lowest BCUT2D eigenvalue weighted by Gasteiger charge is -2.22. The first-order valence-corrected chi connectivity index (χ1v) is 16.8. The molecular formula is C47H30O. The molecule has 0 spiro atoms. The van der Waals surface area contributed by atoms with Crippen LogP contribution in [-0.2, 0) is 5.41 Å². The predicted molar refractivity (Wildman–Crippen MR) is 203 cm³/mol. The Labute approximate surface area is 278 Å². The van der Waals surface area contributed by atoms with Gasteiger partial charge in [-0.25, -0.2) is 0 Å². The Morgan fingerprint density at radius 2 is 1.04 bits per heavy atom. The molecule has 0 aliphatic heterocycles. The van der Waals surface area contributed by atoms with Crippen molar-refractivity contribution in [1.29, 1.82) is 0 Å². The lowest BCUT2D eigenvalue weighted by molar-refractivity contribution is 0.620. The van der Waals surface area contributed by atoms with E-state index in [1.807, 2.05) is 0 Å². The van der Waals surface area contributed by atoms with E-state index in [4.69, 9.17) is 4.42 Å². The molecule has 224 valence electrons. The number of rotatable bonds is 2. The molecule has 1 aromatic heterocycles. The quantitative estimate of drug-likeness (QED) is 0.178. The van der Waals surface area contributed by atoms with Crippen molar-refractivity contribution in [2.24, 2.45) is 0 Å². The van der Waals surface area contributed by atoms with Gasteiger partial charge in [0, 0.05) is 21.8 Å². The minimum absolute atomic E-state index is 0.169. The van der Waals surface area contributed by atoms with E-state index >= 15 is 0 Å². The molecule has 0 bridgehead atoms. The maximum Gasteiger partial charge on any atom is 0.140 e. The molecule has 10 aromatic rings. The fraction of sp³-hybridized carbons (Fsp3) is 0.0638. The molecule has 1 heterocycles. The summed E-state index contributed by atoms with van der Waals surface area (Å²) in [6.07, 6.45) is 0. The van der Waals surface area contributed by atoms with Crippen molar-refractivity contribution < 1.29 is 4.42 Å². The van der Waals surface area contributed by atoms with Crippen molar-refractivity contribution in [3.8, 4) is 33.4 Å². The van der Waals surface area contributed by atoms with E-state index < -0.39 is 0 Å². The van der Waals surface area contributed by atoms with Crippen molar-refractivity contribution in [2.75, 3.05) is 0 Å².